The van der Waals surface area contributed by atoms with Gasteiger partial charge >= 0.3 is 11.8 Å². The maximum atomic E-state index is 11.0. The molecule has 0 amide bonds. The van der Waals surface area contributed by atoms with Gasteiger partial charge < -0.3 is 14.9 Å². The lowest BCUT2D eigenvalue weighted by Gasteiger charge is -2.21. The lowest BCUT2D eigenvalue weighted by molar-refractivity contribution is -0.137. The maximum absolute atomic E-state index is 11.0. The third-order valence-electron chi connectivity index (χ3n) is 4.74. The molecule has 1 heterocycles. The molecule has 8 heteroatoms. The van der Waals surface area contributed by atoms with E-state index in [2.05, 4.69) is 40.8 Å². The van der Waals surface area contributed by atoms with Gasteiger partial charge in [-0.3, -0.25) is 4.79 Å². The van der Waals surface area contributed by atoms with Gasteiger partial charge in [0.2, 0.25) is 0 Å². The second-order valence-electron chi connectivity index (χ2n) is 6.95. The van der Waals surface area contributed by atoms with Gasteiger partial charge in [-0.2, -0.15) is 5.01 Å². The van der Waals surface area contributed by atoms with Crippen LogP contribution < -0.4 is 4.90 Å². The van der Waals surface area contributed by atoms with E-state index in [1.54, 1.807) is 0 Å². The van der Waals surface area contributed by atoms with Crippen molar-refractivity contribution in [1.29, 1.82) is 0 Å². The summed E-state index contributed by atoms with van der Waals surface area (Å²) in [5.41, 5.74) is 4.12. The highest BCUT2D eigenvalue weighted by Crippen LogP contribution is 2.26. The van der Waals surface area contributed by atoms with Crippen molar-refractivity contribution in [1.82, 2.24) is 5.01 Å². The molecule has 0 aliphatic carbocycles. The fourth-order valence-corrected chi connectivity index (χ4v) is 3.91. The molecule has 0 fully saturated rings. The molecule has 0 bridgehead atoms. The molecule has 0 unspecified atom stereocenters. The largest absolute Gasteiger partial charge is 0.480 e. The Balaban J connectivity index is 2.28. The summed E-state index contributed by atoms with van der Waals surface area (Å²) in [4.78, 5) is 16.9. The first-order chi connectivity index (χ1) is 14.7. The van der Waals surface area contributed by atoms with Gasteiger partial charge in [-0.25, -0.2) is 0 Å². The van der Waals surface area contributed by atoms with Crippen LogP contribution in [0.1, 0.15) is 33.3 Å². The summed E-state index contributed by atoms with van der Waals surface area (Å²) < 4.78 is 0. The average Bonchev–Trinajstić information content (AvgIpc) is 3.04. The number of carboxylic acids is 1. The number of anilines is 1. The molecule has 1 N–H and O–H groups in total. The van der Waals surface area contributed by atoms with Gasteiger partial charge in [0.15, 0.2) is 6.54 Å². The number of carboxylic acid groups (broad SMARTS) is 1. The van der Waals surface area contributed by atoms with E-state index in [1.165, 1.54) is 0 Å². The molecule has 1 aliphatic heterocycles. The molecule has 0 aromatic heterocycles. The summed E-state index contributed by atoms with van der Waals surface area (Å²) in [6.07, 6.45) is 3.71. The number of hydrogen-bond donors (Lipinski definition) is 1. The Morgan fingerprint density at radius 3 is 2.39 bits per heavy atom. The second-order valence-corrected chi connectivity index (χ2v) is 7.74. The van der Waals surface area contributed by atoms with Crippen LogP contribution in [0.25, 0.3) is 9.88 Å². The number of benzene rings is 1. The molecule has 0 saturated heterocycles. The quantitative estimate of drug-likeness (QED) is 0.248. The van der Waals surface area contributed by atoms with E-state index in [1.807, 2.05) is 38.1 Å². The average molecular weight is 457 g/mol. The van der Waals surface area contributed by atoms with Gasteiger partial charge in [-0.15, -0.1) is 0 Å². The van der Waals surface area contributed by atoms with Crippen LogP contribution in [0.5, 0.6) is 0 Å². The number of aliphatic carboxylic acids is 1. The first-order valence-electron chi connectivity index (χ1n) is 9.83. The fourth-order valence-electron chi connectivity index (χ4n) is 3.25. The third-order valence-corrected chi connectivity index (χ3v) is 5.49. The number of amidine groups is 1. The zero-order chi connectivity index (χ0) is 23.1. The van der Waals surface area contributed by atoms with Gasteiger partial charge in [-0.1, -0.05) is 48.6 Å². The molecule has 2 rings (SSSR count). The lowest BCUT2D eigenvalue weighted by Crippen LogP contribution is -2.27. The van der Waals surface area contributed by atoms with Crippen LogP contribution in [0.3, 0.4) is 0 Å². The van der Waals surface area contributed by atoms with Gasteiger partial charge in [0.1, 0.15) is 4.99 Å². The number of hydrazone groups is 1. The van der Waals surface area contributed by atoms with Crippen molar-refractivity contribution in [3.05, 3.63) is 70.1 Å². The van der Waals surface area contributed by atoms with Gasteiger partial charge in [0.25, 0.3) is 0 Å². The number of allylic oxidation sites excluding steroid dienone is 4. The number of hydrogen-bond acceptors (Lipinski definition) is 4. The second kappa shape index (κ2) is 10.9. The summed E-state index contributed by atoms with van der Waals surface area (Å²) >= 11 is 11.9. The van der Waals surface area contributed by atoms with Crippen molar-refractivity contribution >= 4 is 51.3 Å². The molecule has 0 saturated carbocycles. The normalized spacial score (nSPS) is 16.2. The summed E-state index contributed by atoms with van der Waals surface area (Å²) in [6.45, 7) is 16.8. The SMILES string of the molecule is [C-]#[N+]C1=NN(CC(=O)O)C(=S)\C1=C(C)/C=C(C)/C=C(\Cl)c1ccc(N(CC)CC)cc1. The standard InChI is InChI=1S/C23H25ClN4O2S/c1-6-27(7-2)18-10-8-17(9-11-18)19(24)13-15(3)12-16(4)21-22(25-5)26-28(23(21)31)14-20(29)30/h8-13H,6-7,14H2,1-4H3,(H,29,30)/b15-12+,19-13-,21-16-. The number of thiocarbonyl (C=S) groups is 1. The summed E-state index contributed by atoms with van der Waals surface area (Å²) in [5.74, 6) is -0.974. The molecule has 0 spiro atoms. The van der Waals surface area contributed by atoms with Gasteiger partial charge in [-0.05, 0) is 67.7 Å². The van der Waals surface area contributed by atoms with E-state index >= 15 is 0 Å². The molecule has 0 atom stereocenters. The van der Waals surface area contributed by atoms with E-state index in [0.29, 0.717) is 10.6 Å². The number of halogens is 1. The molecule has 0 radical (unpaired) electrons. The Hall–Kier alpha value is -2.95. The first kappa shape index (κ1) is 24.3. The van der Waals surface area contributed by atoms with Gasteiger partial charge in [0, 0.05) is 29.4 Å². The fraction of sp³-hybridized carbons (Fsp3) is 0.304. The summed E-state index contributed by atoms with van der Waals surface area (Å²) in [5, 5.41) is 14.8. The van der Waals surface area contributed by atoms with Crippen LogP contribution in [-0.2, 0) is 4.79 Å². The van der Waals surface area contributed by atoms with Crippen LogP contribution in [-0.4, -0.2) is 46.5 Å². The molecule has 1 aromatic rings. The minimum atomic E-state index is -1.07. The molecular formula is C23H25ClN4O2S. The summed E-state index contributed by atoms with van der Waals surface area (Å²) in [6, 6.07) is 8.09. The van der Waals surface area contributed by atoms with Crippen molar-refractivity contribution in [2.75, 3.05) is 24.5 Å². The minimum absolute atomic E-state index is 0.0925. The Morgan fingerprint density at radius 1 is 1.26 bits per heavy atom. The maximum Gasteiger partial charge on any atom is 0.327 e. The first-order valence-corrected chi connectivity index (χ1v) is 10.6. The zero-order valence-electron chi connectivity index (χ0n) is 18.0. The van der Waals surface area contributed by atoms with Gasteiger partial charge in [0.05, 0.1) is 0 Å². The highest BCUT2D eigenvalue weighted by molar-refractivity contribution is 7.80. The van der Waals surface area contributed by atoms with Crippen molar-refractivity contribution in [3.8, 4) is 0 Å². The predicted molar refractivity (Wildman–Crippen MR) is 131 cm³/mol. The Morgan fingerprint density at radius 2 is 1.87 bits per heavy atom. The Labute approximate surface area is 193 Å². The molecule has 1 aromatic carbocycles. The van der Waals surface area contributed by atoms with Crippen LogP contribution in [0.15, 0.2) is 58.2 Å². The number of carbonyl (C=O) groups is 1. The third kappa shape index (κ3) is 6.03. The van der Waals surface area contributed by atoms with E-state index in [4.69, 9.17) is 35.5 Å². The van der Waals surface area contributed by atoms with Crippen LogP contribution in [0.4, 0.5) is 5.69 Å². The molecule has 162 valence electrons. The zero-order valence-corrected chi connectivity index (χ0v) is 19.6. The molecule has 1 aliphatic rings. The predicted octanol–water partition coefficient (Wildman–Crippen LogP) is 5.34. The molecular weight excluding hydrogens is 432 g/mol. The number of rotatable bonds is 8. The minimum Gasteiger partial charge on any atom is -0.480 e. The molecule has 6 nitrogen and oxygen atoms in total. The number of nitrogens with zero attached hydrogens (tertiary/aromatic N) is 4. The lowest BCUT2D eigenvalue weighted by atomic mass is 10.1. The van der Waals surface area contributed by atoms with Crippen molar-refractivity contribution in [2.45, 2.75) is 27.7 Å². The Kier molecular flexibility index (Phi) is 8.55. The van der Waals surface area contributed by atoms with Crippen molar-refractivity contribution in [3.63, 3.8) is 0 Å². The monoisotopic (exact) mass is 456 g/mol. The highest BCUT2D eigenvalue weighted by Gasteiger charge is 2.32. The van der Waals surface area contributed by atoms with E-state index in [0.717, 1.165) is 40.5 Å². The summed E-state index contributed by atoms with van der Waals surface area (Å²) in [7, 11) is 0. The van der Waals surface area contributed by atoms with Crippen LogP contribution in [0, 0.1) is 6.57 Å². The highest BCUT2D eigenvalue weighted by atomic mass is 35.5. The molecule has 31 heavy (non-hydrogen) atoms. The van der Waals surface area contributed by atoms with E-state index < -0.39 is 5.97 Å². The van der Waals surface area contributed by atoms with Crippen LogP contribution in [0.2, 0.25) is 0 Å². The smallest absolute Gasteiger partial charge is 0.327 e. The van der Waals surface area contributed by atoms with E-state index in [9.17, 15) is 4.79 Å². The Bertz CT molecular complexity index is 1030. The topological polar surface area (TPSA) is 60.5 Å². The van der Waals surface area contributed by atoms with Crippen molar-refractivity contribution < 1.29 is 9.90 Å². The van der Waals surface area contributed by atoms with Crippen molar-refractivity contribution in [2.24, 2.45) is 5.10 Å². The van der Waals surface area contributed by atoms with E-state index in [-0.39, 0.29) is 17.4 Å². The van der Waals surface area contributed by atoms with Crippen LogP contribution >= 0.6 is 23.8 Å².